The number of hydrogen-bond donors (Lipinski definition) is 0. The Balaban J connectivity index is 1.62. The second kappa shape index (κ2) is 7.50. The summed E-state index contributed by atoms with van der Waals surface area (Å²) in [5.74, 6) is 0.127. The van der Waals surface area contributed by atoms with Crippen LogP contribution in [0, 0.1) is 13.8 Å². The van der Waals surface area contributed by atoms with Gasteiger partial charge in [-0.05, 0) is 45.0 Å². The SMILES string of the molecule is CCN1CCN(C(=O)Cc2c(C)nn(-c3ccccc3)c2C)c2ccccc21. The predicted molar refractivity (Wildman–Crippen MR) is 113 cm³/mol. The molecule has 0 saturated heterocycles. The van der Waals surface area contributed by atoms with Crippen molar-refractivity contribution in [3.8, 4) is 5.69 Å². The Bertz CT molecular complexity index is 993. The Morgan fingerprint density at radius 3 is 2.36 bits per heavy atom. The second-order valence-corrected chi connectivity index (χ2v) is 7.19. The summed E-state index contributed by atoms with van der Waals surface area (Å²) in [7, 11) is 0. The van der Waals surface area contributed by atoms with Gasteiger partial charge in [0.15, 0.2) is 0 Å². The lowest BCUT2D eigenvalue weighted by atomic mass is 10.1. The zero-order valence-corrected chi connectivity index (χ0v) is 16.7. The molecule has 2 aromatic carbocycles. The highest BCUT2D eigenvalue weighted by molar-refractivity contribution is 5.99. The summed E-state index contributed by atoms with van der Waals surface area (Å²) in [5.41, 5.74) is 6.12. The molecule has 144 valence electrons. The summed E-state index contributed by atoms with van der Waals surface area (Å²) in [5, 5.41) is 4.69. The third kappa shape index (κ3) is 3.17. The number of rotatable bonds is 4. The van der Waals surface area contributed by atoms with E-state index in [4.69, 9.17) is 0 Å². The number of aryl methyl sites for hydroxylation is 1. The van der Waals surface area contributed by atoms with E-state index in [1.54, 1.807) is 0 Å². The van der Waals surface area contributed by atoms with Crippen LogP contribution in [0.2, 0.25) is 0 Å². The van der Waals surface area contributed by atoms with Crippen LogP contribution < -0.4 is 9.80 Å². The van der Waals surface area contributed by atoms with Crippen molar-refractivity contribution in [1.29, 1.82) is 0 Å². The van der Waals surface area contributed by atoms with E-state index in [1.807, 2.05) is 72.0 Å². The van der Waals surface area contributed by atoms with Crippen molar-refractivity contribution in [2.24, 2.45) is 0 Å². The smallest absolute Gasteiger partial charge is 0.231 e. The highest BCUT2D eigenvalue weighted by atomic mass is 16.2. The fourth-order valence-electron chi connectivity index (χ4n) is 4.01. The van der Waals surface area contributed by atoms with E-state index in [-0.39, 0.29) is 5.91 Å². The molecule has 0 fully saturated rings. The van der Waals surface area contributed by atoms with E-state index in [9.17, 15) is 4.79 Å². The van der Waals surface area contributed by atoms with Gasteiger partial charge < -0.3 is 9.80 Å². The molecular formula is C23H26N4O. The summed E-state index contributed by atoms with van der Waals surface area (Å²) >= 11 is 0. The van der Waals surface area contributed by atoms with Crippen LogP contribution in [0.1, 0.15) is 23.9 Å². The van der Waals surface area contributed by atoms with Gasteiger partial charge in [-0.3, -0.25) is 4.79 Å². The van der Waals surface area contributed by atoms with Crippen molar-refractivity contribution < 1.29 is 4.79 Å². The monoisotopic (exact) mass is 374 g/mol. The van der Waals surface area contributed by atoms with Crippen molar-refractivity contribution in [2.75, 3.05) is 29.4 Å². The van der Waals surface area contributed by atoms with Gasteiger partial charge >= 0.3 is 0 Å². The topological polar surface area (TPSA) is 41.4 Å². The van der Waals surface area contributed by atoms with E-state index in [0.717, 1.165) is 47.1 Å². The Labute approximate surface area is 166 Å². The molecule has 0 atom stereocenters. The van der Waals surface area contributed by atoms with Gasteiger partial charge in [0.25, 0.3) is 0 Å². The first kappa shape index (κ1) is 18.3. The molecule has 0 unspecified atom stereocenters. The summed E-state index contributed by atoms with van der Waals surface area (Å²) in [6.45, 7) is 8.70. The highest BCUT2D eigenvalue weighted by Gasteiger charge is 2.27. The number of aromatic nitrogens is 2. The lowest BCUT2D eigenvalue weighted by Gasteiger charge is -2.37. The number of likely N-dealkylation sites (N-methyl/N-ethyl adjacent to an activating group) is 1. The van der Waals surface area contributed by atoms with Crippen molar-refractivity contribution >= 4 is 17.3 Å². The molecule has 3 aromatic rings. The maximum Gasteiger partial charge on any atom is 0.231 e. The zero-order chi connectivity index (χ0) is 19.7. The minimum atomic E-state index is 0.127. The van der Waals surface area contributed by atoms with E-state index in [0.29, 0.717) is 13.0 Å². The number of amides is 1. The van der Waals surface area contributed by atoms with E-state index in [1.165, 1.54) is 0 Å². The Hall–Kier alpha value is -3.08. The fraction of sp³-hybridized carbons (Fsp3) is 0.304. The van der Waals surface area contributed by atoms with Crippen molar-refractivity contribution in [2.45, 2.75) is 27.2 Å². The van der Waals surface area contributed by atoms with Crippen LogP contribution in [-0.2, 0) is 11.2 Å². The molecule has 1 amide bonds. The quantitative estimate of drug-likeness (QED) is 0.695. The summed E-state index contributed by atoms with van der Waals surface area (Å²) < 4.78 is 1.93. The third-order valence-electron chi connectivity index (χ3n) is 5.56. The Morgan fingerprint density at radius 1 is 0.964 bits per heavy atom. The van der Waals surface area contributed by atoms with E-state index >= 15 is 0 Å². The molecule has 2 heterocycles. The first-order chi connectivity index (χ1) is 13.6. The summed E-state index contributed by atoms with van der Waals surface area (Å²) in [6.07, 6.45) is 0.366. The predicted octanol–water partition coefficient (Wildman–Crippen LogP) is 3.90. The van der Waals surface area contributed by atoms with Gasteiger partial charge in [0.1, 0.15) is 0 Å². The van der Waals surface area contributed by atoms with Gasteiger partial charge in [-0.2, -0.15) is 5.10 Å². The number of para-hydroxylation sites is 3. The maximum atomic E-state index is 13.2. The molecule has 0 bridgehead atoms. The molecule has 0 radical (unpaired) electrons. The largest absolute Gasteiger partial charge is 0.368 e. The Morgan fingerprint density at radius 2 is 1.64 bits per heavy atom. The van der Waals surface area contributed by atoms with Gasteiger partial charge in [-0.25, -0.2) is 4.68 Å². The van der Waals surface area contributed by atoms with Crippen LogP contribution in [0.15, 0.2) is 54.6 Å². The van der Waals surface area contributed by atoms with Crippen LogP contribution in [-0.4, -0.2) is 35.3 Å². The van der Waals surface area contributed by atoms with Gasteiger partial charge in [0.05, 0.1) is 29.2 Å². The van der Waals surface area contributed by atoms with E-state index in [2.05, 4.69) is 23.0 Å². The van der Waals surface area contributed by atoms with Gasteiger partial charge in [-0.1, -0.05) is 30.3 Å². The van der Waals surface area contributed by atoms with Gasteiger partial charge in [0, 0.05) is 30.9 Å². The van der Waals surface area contributed by atoms with Crippen molar-refractivity contribution in [3.05, 3.63) is 71.5 Å². The number of carbonyl (C=O) groups is 1. The van der Waals surface area contributed by atoms with Crippen molar-refractivity contribution in [1.82, 2.24) is 9.78 Å². The first-order valence-electron chi connectivity index (χ1n) is 9.85. The molecule has 4 rings (SSSR count). The average Bonchev–Trinajstić information content (AvgIpc) is 3.01. The first-order valence-corrected chi connectivity index (χ1v) is 9.85. The number of benzene rings is 2. The third-order valence-corrected chi connectivity index (χ3v) is 5.56. The van der Waals surface area contributed by atoms with Crippen LogP contribution in [0.5, 0.6) is 0 Å². The molecule has 5 nitrogen and oxygen atoms in total. The molecule has 28 heavy (non-hydrogen) atoms. The van der Waals surface area contributed by atoms with Crippen LogP contribution in [0.25, 0.3) is 5.69 Å². The summed E-state index contributed by atoms with van der Waals surface area (Å²) in [6, 6.07) is 18.2. The molecule has 0 saturated carbocycles. The maximum absolute atomic E-state index is 13.2. The number of hydrogen-bond acceptors (Lipinski definition) is 3. The van der Waals surface area contributed by atoms with Crippen LogP contribution in [0.3, 0.4) is 0 Å². The van der Waals surface area contributed by atoms with E-state index < -0.39 is 0 Å². The molecule has 5 heteroatoms. The molecule has 0 aliphatic carbocycles. The van der Waals surface area contributed by atoms with Gasteiger partial charge in [0.2, 0.25) is 5.91 Å². The number of fused-ring (bicyclic) bond motifs is 1. The molecular weight excluding hydrogens is 348 g/mol. The van der Waals surface area contributed by atoms with Gasteiger partial charge in [-0.15, -0.1) is 0 Å². The number of anilines is 2. The molecule has 1 aliphatic heterocycles. The summed E-state index contributed by atoms with van der Waals surface area (Å²) in [4.78, 5) is 17.5. The Kier molecular flexibility index (Phi) is 4.90. The standard InChI is InChI=1S/C23H26N4O/c1-4-25-14-15-26(22-13-9-8-12-21(22)25)23(28)16-20-17(2)24-27(18(20)3)19-10-6-5-7-11-19/h5-13H,4,14-16H2,1-3H3. The molecule has 1 aromatic heterocycles. The minimum absolute atomic E-state index is 0.127. The second-order valence-electron chi connectivity index (χ2n) is 7.19. The molecule has 0 N–H and O–H groups in total. The molecule has 0 spiro atoms. The van der Waals surface area contributed by atoms with Crippen LogP contribution >= 0.6 is 0 Å². The lowest BCUT2D eigenvalue weighted by Crippen LogP contribution is -2.44. The number of carbonyl (C=O) groups excluding carboxylic acids is 1. The highest BCUT2D eigenvalue weighted by Crippen LogP contribution is 2.33. The number of nitrogens with zero attached hydrogens (tertiary/aromatic N) is 4. The average molecular weight is 374 g/mol. The lowest BCUT2D eigenvalue weighted by molar-refractivity contribution is -0.118. The zero-order valence-electron chi connectivity index (χ0n) is 16.7. The van der Waals surface area contributed by atoms with Crippen molar-refractivity contribution in [3.63, 3.8) is 0 Å². The van der Waals surface area contributed by atoms with Crippen LogP contribution in [0.4, 0.5) is 11.4 Å². The minimum Gasteiger partial charge on any atom is -0.368 e. The fourth-order valence-corrected chi connectivity index (χ4v) is 4.01. The normalized spacial score (nSPS) is 13.5. The molecule has 1 aliphatic rings.